The van der Waals surface area contributed by atoms with Crippen molar-refractivity contribution in [2.75, 3.05) is 0 Å². The van der Waals surface area contributed by atoms with Crippen LogP contribution >= 0.6 is 0 Å². The summed E-state index contributed by atoms with van der Waals surface area (Å²) in [7, 11) is 0. The van der Waals surface area contributed by atoms with Crippen LogP contribution in [0.5, 0.6) is 0 Å². The third kappa shape index (κ3) is 3.94. The third-order valence-electron chi connectivity index (χ3n) is 2.05. The minimum Gasteiger partial charge on any atom is -0.442 e. The van der Waals surface area contributed by atoms with Crippen LogP contribution in [0.15, 0.2) is 12.2 Å². The maximum absolute atomic E-state index is 10.4. The number of primary amides is 1. The monoisotopic (exact) mass is 185 g/mol. The molecule has 1 rings (SSSR count). The van der Waals surface area contributed by atoms with Crippen molar-refractivity contribution in [3.8, 4) is 0 Å². The van der Waals surface area contributed by atoms with E-state index in [9.17, 15) is 9.90 Å². The molecule has 4 heteroatoms. The highest BCUT2D eigenvalue weighted by Crippen LogP contribution is 2.14. The van der Waals surface area contributed by atoms with Crippen molar-refractivity contribution in [1.82, 2.24) is 0 Å². The lowest BCUT2D eigenvalue weighted by Crippen LogP contribution is -2.22. The Hall–Kier alpha value is -1.03. The summed E-state index contributed by atoms with van der Waals surface area (Å²) in [4.78, 5) is 10.4. The lowest BCUT2D eigenvalue weighted by Gasteiger charge is -2.16. The Morgan fingerprint density at radius 2 is 2.31 bits per heavy atom. The van der Waals surface area contributed by atoms with Crippen LogP contribution in [-0.4, -0.2) is 23.4 Å². The van der Waals surface area contributed by atoms with Gasteiger partial charge in [0, 0.05) is 0 Å². The molecule has 0 aromatic rings. The summed E-state index contributed by atoms with van der Waals surface area (Å²) >= 11 is 0. The Morgan fingerprint density at radius 1 is 1.54 bits per heavy atom. The molecule has 0 spiro atoms. The van der Waals surface area contributed by atoms with Gasteiger partial charge in [-0.1, -0.05) is 6.08 Å². The van der Waals surface area contributed by atoms with E-state index in [1.54, 1.807) is 6.08 Å². The number of rotatable bonds is 1. The van der Waals surface area contributed by atoms with Crippen LogP contribution in [0, 0.1) is 0 Å². The normalized spacial score (nSPS) is 31.5. The second kappa shape index (κ2) is 4.87. The molecule has 0 saturated heterocycles. The van der Waals surface area contributed by atoms with Gasteiger partial charge >= 0.3 is 6.09 Å². The quantitative estimate of drug-likeness (QED) is 0.597. The third-order valence-corrected chi connectivity index (χ3v) is 2.05. The number of ether oxygens (including phenoxy) is 1. The van der Waals surface area contributed by atoms with Gasteiger partial charge in [0.1, 0.15) is 6.10 Å². The summed E-state index contributed by atoms with van der Waals surface area (Å²) in [5, 5.41) is 9.30. The minimum absolute atomic E-state index is 0.218. The van der Waals surface area contributed by atoms with Gasteiger partial charge in [0.25, 0.3) is 0 Å². The second-order valence-corrected chi connectivity index (χ2v) is 3.22. The van der Waals surface area contributed by atoms with Crippen molar-refractivity contribution < 1.29 is 14.6 Å². The first-order valence-electron chi connectivity index (χ1n) is 4.49. The van der Waals surface area contributed by atoms with Gasteiger partial charge in [-0.05, 0) is 31.8 Å². The summed E-state index contributed by atoms with van der Waals surface area (Å²) in [6.07, 6.45) is 5.36. The van der Waals surface area contributed by atoms with Gasteiger partial charge in [0.05, 0.1) is 6.10 Å². The fourth-order valence-corrected chi connectivity index (χ4v) is 1.40. The second-order valence-electron chi connectivity index (χ2n) is 3.22. The summed E-state index contributed by atoms with van der Waals surface area (Å²) in [6.45, 7) is 0. The molecule has 0 saturated carbocycles. The zero-order valence-electron chi connectivity index (χ0n) is 7.48. The number of hydrogen-bond acceptors (Lipinski definition) is 3. The molecule has 3 N–H and O–H groups in total. The minimum atomic E-state index is -0.740. The van der Waals surface area contributed by atoms with Gasteiger partial charge in [0.2, 0.25) is 0 Å². The molecule has 0 aromatic carbocycles. The molecule has 2 atom stereocenters. The van der Waals surface area contributed by atoms with Crippen LogP contribution in [0.25, 0.3) is 0 Å². The van der Waals surface area contributed by atoms with Crippen molar-refractivity contribution >= 4 is 6.09 Å². The summed E-state index contributed by atoms with van der Waals surface area (Å²) in [6, 6.07) is 0. The first-order valence-corrected chi connectivity index (χ1v) is 4.49. The van der Waals surface area contributed by atoms with Crippen molar-refractivity contribution in [3.05, 3.63) is 12.2 Å². The average Bonchev–Trinajstić information content (AvgIpc) is 1.99. The van der Waals surface area contributed by atoms with Gasteiger partial charge in [-0.25, -0.2) is 4.79 Å². The summed E-state index contributed by atoms with van der Waals surface area (Å²) < 4.78 is 4.83. The maximum Gasteiger partial charge on any atom is 0.405 e. The number of aliphatic hydroxyl groups excluding tert-OH is 1. The fourth-order valence-electron chi connectivity index (χ4n) is 1.40. The van der Waals surface area contributed by atoms with E-state index in [0.29, 0.717) is 6.42 Å². The van der Waals surface area contributed by atoms with E-state index in [0.717, 1.165) is 19.3 Å². The van der Waals surface area contributed by atoms with Gasteiger partial charge in [-0.2, -0.15) is 0 Å². The smallest absolute Gasteiger partial charge is 0.405 e. The Kier molecular flexibility index (Phi) is 3.76. The molecule has 0 aromatic heterocycles. The van der Waals surface area contributed by atoms with E-state index in [1.807, 2.05) is 6.08 Å². The molecule has 1 amide bonds. The van der Waals surface area contributed by atoms with Crippen molar-refractivity contribution in [3.63, 3.8) is 0 Å². The number of amides is 1. The molecular weight excluding hydrogens is 170 g/mol. The molecule has 4 nitrogen and oxygen atoms in total. The number of hydrogen-bond donors (Lipinski definition) is 2. The van der Waals surface area contributed by atoms with Crippen molar-refractivity contribution in [1.29, 1.82) is 0 Å². The Morgan fingerprint density at radius 3 is 3.00 bits per heavy atom. The Bertz CT molecular complexity index is 203. The highest BCUT2D eigenvalue weighted by molar-refractivity contribution is 5.65. The molecule has 0 heterocycles. The molecule has 0 radical (unpaired) electrons. The number of nitrogens with two attached hydrogens (primary N) is 1. The van der Waals surface area contributed by atoms with Crippen LogP contribution in [0.1, 0.15) is 25.7 Å². The summed E-state index contributed by atoms with van der Waals surface area (Å²) in [5.74, 6) is 0. The molecule has 0 bridgehead atoms. The predicted octanol–water partition coefficient (Wildman–Crippen LogP) is 0.941. The lowest BCUT2D eigenvalue weighted by atomic mass is 10.0. The van der Waals surface area contributed by atoms with Crippen molar-refractivity contribution in [2.45, 2.75) is 37.9 Å². The SMILES string of the molecule is NC(=O)OC1/C=C/CC(O)CCC1. The van der Waals surface area contributed by atoms with E-state index in [2.05, 4.69) is 0 Å². The summed E-state index contributed by atoms with van der Waals surface area (Å²) in [5.41, 5.74) is 4.90. The fraction of sp³-hybridized carbons (Fsp3) is 0.667. The van der Waals surface area contributed by atoms with Crippen LogP contribution in [0.2, 0.25) is 0 Å². The highest BCUT2D eigenvalue weighted by Gasteiger charge is 2.12. The molecular formula is C9H15NO3. The Balaban J connectivity index is 2.42. The van der Waals surface area contributed by atoms with Gasteiger partial charge in [0.15, 0.2) is 0 Å². The molecule has 0 aliphatic heterocycles. The van der Waals surface area contributed by atoms with Crippen molar-refractivity contribution in [2.24, 2.45) is 5.73 Å². The molecule has 74 valence electrons. The van der Waals surface area contributed by atoms with E-state index in [1.165, 1.54) is 0 Å². The first kappa shape index (κ1) is 10.1. The van der Waals surface area contributed by atoms with Crippen LogP contribution < -0.4 is 5.73 Å². The molecule has 13 heavy (non-hydrogen) atoms. The topological polar surface area (TPSA) is 72.6 Å². The molecule has 1 aliphatic carbocycles. The van der Waals surface area contributed by atoms with Gasteiger partial charge < -0.3 is 15.6 Å². The number of aliphatic hydroxyl groups is 1. The van der Waals surface area contributed by atoms with Gasteiger partial charge in [-0.3, -0.25) is 0 Å². The van der Waals surface area contributed by atoms with Crippen LogP contribution in [0.4, 0.5) is 4.79 Å². The van der Waals surface area contributed by atoms with E-state index in [4.69, 9.17) is 10.5 Å². The largest absolute Gasteiger partial charge is 0.442 e. The molecule has 2 unspecified atom stereocenters. The zero-order valence-corrected chi connectivity index (χ0v) is 7.48. The molecule has 0 fully saturated rings. The van der Waals surface area contributed by atoms with E-state index in [-0.39, 0.29) is 12.2 Å². The average molecular weight is 185 g/mol. The molecule has 1 aliphatic rings. The van der Waals surface area contributed by atoms with Crippen LogP contribution in [-0.2, 0) is 4.74 Å². The lowest BCUT2D eigenvalue weighted by molar-refractivity contribution is 0.113. The standard InChI is InChI=1S/C9H15NO3/c10-9(12)13-8-5-1-3-7(11)4-2-6-8/h1,5,7-8,11H,2-4,6H2,(H2,10,12)/b5-1+. The predicted molar refractivity (Wildman–Crippen MR) is 48.1 cm³/mol. The Labute approximate surface area is 77.4 Å². The van der Waals surface area contributed by atoms with Gasteiger partial charge in [-0.15, -0.1) is 0 Å². The maximum atomic E-state index is 10.4. The van der Waals surface area contributed by atoms with Crippen LogP contribution in [0.3, 0.4) is 0 Å². The zero-order chi connectivity index (χ0) is 9.68. The highest BCUT2D eigenvalue weighted by atomic mass is 16.6. The first-order chi connectivity index (χ1) is 6.18. The number of carbonyl (C=O) groups is 1. The number of carbonyl (C=O) groups excluding carboxylic acids is 1. The van der Waals surface area contributed by atoms with E-state index >= 15 is 0 Å². The van der Waals surface area contributed by atoms with E-state index < -0.39 is 6.09 Å².